The number of carbonyl (C=O) groups is 3. The molecular formula is C63H104O6. The van der Waals surface area contributed by atoms with Gasteiger partial charge in [-0.2, -0.15) is 0 Å². The van der Waals surface area contributed by atoms with Gasteiger partial charge in [-0.25, -0.2) is 0 Å². The third-order valence-electron chi connectivity index (χ3n) is 11.8. The van der Waals surface area contributed by atoms with Crippen molar-refractivity contribution in [1.82, 2.24) is 0 Å². The van der Waals surface area contributed by atoms with Crippen molar-refractivity contribution in [3.8, 4) is 0 Å². The molecule has 0 aromatic heterocycles. The first-order valence-electron chi connectivity index (χ1n) is 28.4. The summed E-state index contributed by atoms with van der Waals surface area (Å²) in [5.41, 5.74) is 0. The Morgan fingerprint density at radius 2 is 0.623 bits per heavy atom. The quantitative estimate of drug-likeness (QED) is 0.0262. The van der Waals surface area contributed by atoms with Gasteiger partial charge >= 0.3 is 17.9 Å². The third kappa shape index (κ3) is 54.9. The van der Waals surface area contributed by atoms with Crippen molar-refractivity contribution in [1.29, 1.82) is 0 Å². The largest absolute Gasteiger partial charge is 0.462 e. The van der Waals surface area contributed by atoms with Crippen LogP contribution in [0.3, 0.4) is 0 Å². The molecule has 0 aromatic rings. The molecule has 0 aliphatic carbocycles. The molecule has 0 fully saturated rings. The van der Waals surface area contributed by atoms with Gasteiger partial charge in [-0.1, -0.05) is 239 Å². The number of ether oxygens (including phenoxy) is 3. The highest BCUT2D eigenvalue weighted by Crippen LogP contribution is 2.14. The van der Waals surface area contributed by atoms with Crippen LogP contribution in [0, 0.1) is 0 Å². The Hall–Kier alpha value is -3.93. The van der Waals surface area contributed by atoms with Gasteiger partial charge in [0.05, 0.1) is 6.42 Å². The SMILES string of the molecule is CC/C=C\C/C=C\C/C=C\C/C=C\C/C=C\CC(=O)OC(COC(=O)CCCCCCC/C=C\CCCC)COC(=O)CCCCCCCCCCCC/C=C\C/C=C\C/C=C\CCCCCCC. The number of esters is 3. The van der Waals surface area contributed by atoms with Gasteiger partial charge < -0.3 is 14.2 Å². The van der Waals surface area contributed by atoms with E-state index in [1.807, 2.05) is 6.08 Å². The van der Waals surface area contributed by atoms with Crippen LogP contribution in [0.25, 0.3) is 0 Å². The smallest absolute Gasteiger partial charge is 0.310 e. The molecule has 1 atom stereocenters. The zero-order valence-corrected chi connectivity index (χ0v) is 44.8. The number of rotatable bonds is 50. The van der Waals surface area contributed by atoms with Crippen LogP contribution in [0.2, 0.25) is 0 Å². The van der Waals surface area contributed by atoms with E-state index < -0.39 is 12.1 Å². The van der Waals surface area contributed by atoms with E-state index in [4.69, 9.17) is 14.2 Å². The first-order chi connectivity index (χ1) is 34.0. The molecular weight excluding hydrogens is 853 g/mol. The molecule has 1 unspecified atom stereocenters. The lowest BCUT2D eigenvalue weighted by Gasteiger charge is -2.18. The van der Waals surface area contributed by atoms with Crippen LogP contribution in [0.4, 0.5) is 0 Å². The zero-order valence-electron chi connectivity index (χ0n) is 44.8. The molecule has 6 heteroatoms. The number of carbonyl (C=O) groups excluding carboxylic acids is 3. The van der Waals surface area contributed by atoms with Gasteiger partial charge in [0.2, 0.25) is 0 Å². The van der Waals surface area contributed by atoms with E-state index in [0.29, 0.717) is 12.8 Å². The summed E-state index contributed by atoms with van der Waals surface area (Å²) in [6, 6.07) is 0. The normalized spacial score (nSPS) is 12.9. The van der Waals surface area contributed by atoms with Gasteiger partial charge in [0.15, 0.2) is 6.10 Å². The summed E-state index contributed by atoms with van der Waals surface area (Å²) in [6.07, 6.45) is 76.8. The monoisotopic (exact) mass is 957 g/mol. The maximum atomic E-state index is 12.8. The number of hydrogen-bond acceptors (Lipinski definition) is 6. The lowest BCUT2D eigenvalue weighted by molar-refractivity contribution is -0.166. The van der Waals surface area contributed by atoms with Crippen molar-refractivity contribution in [3.63, 3.8) is 0 Å². The van der Waals surface area contributed by atoms with E-state index in [9.17, 15) is 14.4 Å². The Kier molecular flexibility index (Phi) is 53.4. The van der Waals surface area contributed by atoms with Gasteiger partial charge in [-0.15, -0.1) is 0 Å². The molecule has 0 saturated carbocycles. The summed E-state index contributed by atoms with van der Waals surface area (Å²) in [7, 11) is 0. The molecule has 0 heterocycles. The molecule has 0 aliphatic rings. The van der Waals surface area contributed by atoms with Crippen molar-refractivity contribution in [2.75, 3.05) is 13.2 Å². The highest BCUT2D eigenvalue weighted by molar-refractivity contribution is 5.72. The van der Waals surface area contributed by atoms with Crippen molar-refractivity contribution in [2.45, 2.75) is 258 Å². The average Bonchev–Trinajstić information content (AvgIpc) is 3.35. The topological polar surface area (TPSA) is 78.9 Å². The predicted molar refractivity (Wildman–Crippen MR) is 297 cm³/mol. The molecule has 0 radical (unpaired) electrons. The predicted octanol–water partition coefficient (Wildman–Crippen LogP) is 19.1. The van der Waals surface area contributed by atoms with Gasteiger partial charge in [0.25, 0.3) is 0 Å². The Balaban J connectivity index is 4.37. The van der Waals surface area contributed by atoms with Crippen LogP contribution in [-0.4, -0.2) is 37.2 Å². The number of unbranched alkanes of at least 4 members (excludes halogenated alkanes) is 22. The third-order valence-corrected chi connectivity index (χ3v) is 11.8. The second kappa shape index (κ2) is 56.7. The Labute approximate surface area is 425 Å². The molecule has 0 aromatic carbocycles. The Morgan fingerprint density at radius 1 is 0.319 bits per heavy atom. The summed E-state index contributed by atoms with van der Waals surface area (Å²) in [4.78, 5) is 38.0. The lowest BCUT2D eigenvalue weighted by Crippen LogP contribution is -2.30. The van der Waals surface area contributed by atoms with Crippen molar-refractivity contribution in [2.24, 2.45) is 0 Å². The molecule has 0 N–H and O–H groups in total. The molecule has 6 nitrogen and oxygen atoms in total. The van der Waals surface area contributed by atoms with E-state index in [1.54, 1.807) is 6.08 Å². The fourth-order valence-corrected chi connectivity index (χ4v) is 7.51. The van der Waals surface area contributed by atoms with Crippen LogP contribution in [0.1, 0.15) is 252 Å². The van der Waals surface area contributed by atoms with Crippen molar-refractivity contribution in [3.05, 3.63) is 109 Å². The second-order valence-corrected chi connectivity index (χ2v) is 18.5. The number of allylic oxidation sites excluding steroid dienone is 17. The first-order valence-corrected chi connectivity index (χ1v) is 28.4. The summed E-state index contributed by atoms with van der Waals surface area (Å²) in [5.74, 6) is -1.07. The molecule has 392 valence electrons. The minimum Gasteiger partial charge on any atom is -0.462 e. The zero-order chi connectivity index (χ0) is 50.0. The Bertz CT molecular complexity index is 1420. The van der Waals surface area contributed by atoms with Crippen molar-refractivity contribution < 1.29 is 28.6 Å². The van der Waals surface area contributed by atoms with E-state index >= 15 is 0 Å². The average molecular weight is 958 g/mol. The van der Waals surface area contributed by atoms with Crippen LogP contribution >= 0.6 is 0 Å². The maximum Gasteiger partial charge on any atom is 0.310 e. The molecule has 0 spiro atoms. The van der Waals surface area contributed by atoms with Gasteiger partial charge in [0.1, 0.15) is 13.2 Å². The fraction of sp³-hybridized carbons (Fsp3) is 0.667. The van der Waals surface area contributed by atoms with Gasteiger partial charge in [0, 0.05) is 12.8 Å². The second-order valence-electron chi connectivity index (χ2n) is 18.5. The van der Waals surface area contributed by atoms with Crippen molar-refractivity contribution >= 4 is 17.9 Å². The molecule has 0 bridgehead atoms. The van der Waals surface area contributed by atoms with E-state index in [0.717, 1.165) is 96.3 Å². The van der Waals surface area contributed by atoms with E-state index in [-0.39, 0.29) is 31.6 Å². The van der Waals surface area contributed by atoms with E-state index in [1.165, 1.54) is 116 Å². The Morgan fingerprint density at radius 3 is 1.01 bits per heavy atom. The van der Waals surface area contributed by atoms with Gasteiger partial charge in [-0.05, 0) is 103 Å². The molecule has 69 heavy (non-hydrogen) atoms. The maximum absolute atomic E-state index is 12.8. The molecule has 0 amide bonds. The standard InChI is InChI=1S/C63H104O6/c1-4-7-10-13-16-19-22-24-26-27-28-29-30-31-32-33-34-35-37-38-41-44-47-50-53-56-62(65)68-59-60(58-67-61(64)55-52-49-46-43-40-21-18-15-12-9-6-3)69-63(66)57-54-51-48-45-42-39-36-25-23-20-17-14-11-8-5-2/h8,11,15,17-18,20,22,24-25,27-28,30-31,36,42,45,51,54,60H,4-7,9-10,12-14,16,19,21,23,26,29,32-35,37-41,43-44,46-50,52-53,55-59H2,1-3H3/b11-8-,18-15-,20-17-,24-22-,28-27-,31-30-,36-25-,45-42-,54-51-. The van der Waals surface area contributed by atoms with Crippen LogP contribution in [0.15, 0.2) is 109 Å². The van der Waals surface area contributed by atoms with E-state index in [2.05, 4.69) is 118 Å². The van der Waals surface area contributed by atoms with Crippen LogP contribution in [-0.2, 0) is 28.6 Å². The minimum atomic E-state index is -0.838. The highest BCUT2D eigenvalue weighted by Gasteiger charge is 2.19. The fourth-order valence-electron chi connectivity index (χ4n) is 7.51. The summed E-state index contributed by atoms with van der Waals surface area (Å²) < 4.78 is 16.7. The van der Waals surface area contributed by atoms with Gasteiger partial charge in [-0.3, -0.25) is 14.4 Å². The summed E-state index contributed by atoms with van der Waals surface area (Å²) >= 11 is 0. The molecule has 0 aliphatic heterocycles. The first kappa shape index (κ1) is 65.1. The van der Waals surface area contributed by atoms with Crippen LogP contribution < -0.4 is 0 Å². The highest BCUT2D eigenvalue weighted by atomic mass is 16.6. The van der Waals surface area contributed by atoms with Crippen LogP contribution in [0.5, 0.6) is 0 Å². The molecule has 0 rings (SSSR count). The molecule has 0 saturated heterocycles. The summed E-state index contributed by atoms with van der Waals surface area (Å²) in [6.45, 7) is 6.38. The lowest BCUT2D eigenvalue weighted by atomic mass is 10.1. The number of hydrogen-bond donors (Lipinski definition) is 0. The summed E-state index contributed by atoms with van der Waals surface area (Å²) in [5, 5.41) is 0. The minimum absolute atomic E-state index is 0.0916.